The lowest BCUT2D eigenvalue weighted by Crippen LogP contribution is -2.00. The van der Waals surface area contributed by atoms with Gasteiger partial charge in [0.1, 0.15) is 0 Å². The van der Waals surface area contributed by atoms with E-state index < -0.39 is 0 Å². The molecule has 3 N–H and O–H groups in total. The van der Waals surface area contributed by atoms with Gasteiger partial charge in [0.15, 0.2) is 0 Å². The molecule has 0 atom stereocenters. The van der Waals surface area contributed by atoms with Crippen LogP contribution < -0.4 is 5.90 Å². The lowest BCUT2D eigenvalue weighted by atomic mass is 10.1. The van der Waals surface area contributed by atoms with Crippen LogP contribution in [0.3, 0.4) is 0 Å². The number of rotatable bonds is 23. The van der Waals surface area contributed by atoms with Gasteiger partial charge in [-0.1, -0.05) is 122 Å². The minimum Gasteiger partial charge on any atom is -0.396 e. The average Bonchev–Trinajstić information content (AvgIpc) is 2.82. The van der Waals surface area contributed by atoms with Crippen molar-refractivity contribution >= 4 is 0 Å². The summed E-state index contributed by atoms with van der Waals surface area (Å²) in [7, 11) is 3.25. The average molecular weight is 474 g/mol. The van der Waals surface area contributed by atoms with Gasteiger partial charge in [-0.15, -0.1) is 0 Å². The van der Waals surface area contributed by atoms with Crippen LogP contribution in [0.5, 0.6) is 0 Å². The highest BCUT2D eigenvalue weighted by molar-refractivity contribution is 4.81. The van der Waals surface area contributed by atoms with Crippen LogP contribution in [0.1, 0.15) is 149 Å². The van der Waals surface area contributed by atoms with E-state index in [4.69, 9.17) is 11.0 Å². The second kappa shape index (κ2) is 41.8. The van der Waals surface area contributed by atoms with Crippen molar-refractivity contribution in [3.8, 4) is 0 Å². The zero-order valence-electron chi connectivity index (χ0n) is 23.3. The Kier molecular flexibility index (Phi) is 47.0. The highest BCUT2D eigenvalue weighted by Crippen LogP contribution is 2.10. The number of aliphatic hydroxyl groups is 1. The lowest BCUT2D eigenvalue weighted by Gasteiger charge is -2.00. The van der Waals surface area contributed by atoms with E-state index in [0.29, 0.717) is 13.2 Å². The highest BCUT2D eigenvalue weighted by atomic mass is 16.6. The Morgan fingerprint density at radius 2 is 0.879 bits per heavy atom. The van der Waals surface area contributed by atoms with Gasteiger partial charge in [0.05, 0.1) is 6.61 Å². The lowest BCUT2D eigenvalue weighted by molar-refractivity contribution is 0.133. The number of ether oxygens (including phenoxy) is 1. The number of unbranched alkanes of at least 4 members (excludes halogenated alkanes) is 18. The molecule has 0 aliphatic carbocycles. The predicted molar refractivity (Wildman–Crippen MR) is 148 cm³/mol. The van der Waals surface area contributed by atoms with Gasteiger partial charge in [-0.25, -0.2) is 5.90 Å². The molecule has 0 bridgehead atoms. The molecular formula is C29H63NO3. The van der Waals surface area contributed by atoms with E-state index in [9.17, 15) is 0 Å². The van der Waals surface area contributed by atoms with Crippen molar-refractivity contribution in [1.82, 2.24) is 0 Å². The minimum absolute atomic E-state index is 0.370. The Morgan fingerprint density at radius 1 is 0.545 bits per heavy atom. The van der Waals surface area contributed by atoms with E-state index in [1.165, 1.54) is 122 Å². The smallest absolute Gasteiger partial charge is 0.0679 e. The van der Waals surface area contributed by atoms with Crippen LogP contribution in [0, 0.1) is 0 Å². The van der Waals surface area contributed by atoms with Gasteiger partial charge >= 0.3 is 0 Å². The Morgan fingerprint density at radius 3 is 1.27 bits per heavy atom. The zero-order chi connectivity index (χ0) is 25.1. The van der Waals surface area contributed by atoms with Crippen LogP contribution in [0.4, 0.5) is 0 Å². The van der Waals surface area contributed by atoms with E-state index in [1.807, 2.05) is 0 Å². The maximum absolute atomic E-state index is 8.51. The van der Waals surface area contributed by atoms with E-state index in [1.54, 1.807) is 14.2 Å². The Balaban J connectivity index is -0.000000542. The number of methoxy groups -OCH3 is 1. The number of allylic oxidation sites excluding steroid dienone is 2. The third kappa shape index (κ3) is 49.7. The number of hydrogen-bond donors (Lipinski definition) is 2. The van der Waals surface area contributed by atoms with Gasteiger partial charge in [0.2, 0.25) is 0 Å². The predicted octanol–water partition coefficient (Wildman–Crippen LogP) is 8.91. The molecule has 0 aromatic heterocycles. The Hall–Kier alpha value is -0.420. The van der Waals surface area contributed by atoms with Gasteiger partial charge in [0, 0.05) is 20.8 Å². The van der Waals surface area contributed by atoms with Crippen LogP contribution in [-0.2, 0) is 9.57 Å². The third-order valence-corrected chi connectivity index (χ3v) is 5.54. The quantitative estimate of drug-likeness (QED) is 0.0883. The maximum atomic E-state index is 8.51. The molecule has 4 heteroatoms. The summed E-state index contributed by atoms with van der Waals surface area (Å²) in [4.78, 5) is 4.55. The first-order valence-electron chi connectivity index (χ1n) is 14.2. The molecule has 0 unspecified atom stereocenters. The topological polar surface area (TPSA) is 64.7 Å². The van der Waals surface area contributed by atoms with Crippen molar-refractivity contribution in [2.45, 2.75) is 149 Å². The molecule has 33 heavy (non-hydrogen) atoms. The van der Waals surface area contributed by atoms with Gasteiger partial charge in [-0.05, 0) is 38.5 Å². The number of nitrogens with two attached hydrogens (primary N) is 1. The first kappa shape index (κ1) is 37.1. The fourth-order valence-corrected chi connectivity index (χ4v) is 3.50. The summed E-state index contributed by atoms with van der Waals surface area (Å²) in [5, 5.41) is 8.51. The molecule has 0 aromatic carbocycles. The SMILES string of the molecule is CCCCCC/C=C\CCCCCCCCCON.CCCCCCCCCCO.COC. The molecule has 0 fully saturated rings. The van der Waals surface area contributed by atoms with Crippen LogP contribution >= 0.6 is 0 Å². The van der Waals surface area contributed by atoms with Crippen LogP contribution in [0.2, 0.25) is 0 Å². The summed E-state index contributed by atoms with van der Waals surface area (Å²) in [5.74, 6) is 4.98. The monoisotopic (exact) mass is 473 g/mol. The Labute approximate surface area is 209 Å². The summed E-state index contributed by atoms with van der Waals surface area (Å²) in [5.41, 5.74) is 0. The molecule has 0 aliphatic rings. The maximum Gasteiger partial charge on any atom is 0.0679 e. The summed E-state index contributed by atoms with van der Waals surface area (Å²) < 4.78 is 4.25. The first-order valence-corrected chi connectivity index (χ1v) is 14.2. The molecule has 4 nitrogen and oxygen atoms in total. The van der Waals surface area contributed by atoms with Crippen molar-refractivity contribution in [1.29, 1.82) is 0 Å². The third-order valence-electron chi connectivity index (χ3n) is 5.54. The van der Waals surface area contributed by atoms with Crippen molar-refractivity contribution in [3.63, 3.8) is 0 Å². The molecule has 0 rings (SSSR count). The molecule has 0 spiro atoms. The van der Waals surface area contributed by atoms with Gasteiger partial charge in [-0.2, -0.15) is 0 Å². The minimum atomic E-state index is 0.370. The van der Waals surface area contributed by atoms with Gasteiger partial charge in [0.25, 0.3) is 0 Å². The molecular weight excluding hydrogens is 410 g/mol. The molecule has 0 amide bonds. The first-order chi connectivity index (χ1) is 16.2. The molecule has 0 heterocycles. The molecule has 0 aliphatic heterocycles. The van der Waals surface area contributed by atoms with Crippen LogP contribution in [0.25, 0.3) is 0 Å². The molecule has 0 saturated carbocycles. The molecule has 0 aromatic rings. The van der Waals surface area contributed by atoms with E-state index in [2.05, 4.69) is 35.6 Å². The second-order valence-electron chi connectivity index (χ2n) is 9.06. The number of aliphatic hydroxyl groups excluding tert-OH is 1. The molecule has 0 radical (unpaired) electrons. The number of hydrogen-bond acceptors (Lipinski definition) is 4. The normalized spacial score (nSPS) is 10.6. The summed E-state index contributed by atoms with van der Waals surface area (Å²) >= 11 is 0. The fraction of sp³-hybridized carbons (Fsp3) is 0.931. The van der Waals surface area contributed by atoms with E-state index >= 15 is 0 Å². The van der Waals surface area contributed by atoms with Crippen molar-refractivity contribution in [2.24, 2.45) is 5.90 Å². The van der Waals surface area contributed by atoms with Crippen molar-refractivity contribution in [3.05, 3.63) is 12.2 Å². The van der Waals surface area contributed by atoms with E-state index in [-0.39, 0.29) is 0 Å². The second-order valence-corrected chi connectivity index (χ2v) is 9.06. The Bertz CT molecular complexity index is 303. The summed E-state index contributed by atoms with van der Waals surface area (Å²) in [6, 6.07) is 0. The van der Waals surface area contributed by atoms with Crippen molar-refractivity contribution < 1.29 is 14.7 Å². The molecule has 0 saturated heterocycles. The molecule has 202 valence electrons. The summed E-state index contributed by atoms with van der Waals surface area (Å²) in [6.45, 7) is 5.59. The van der Waals surface area contributed by atoms with Crippen LogP contribution in [0.15, 0.2) is 12.2 Å². The zero-order valence-corrected chi connectivity index (χ0v) is 23.3. The fourth-order valence-electron chi connectivity index (χ4n) is 3.50. The standard InChI is InChI=1S/C17H35NO.C10H22O.C2H6O/c1-2-3-4-5-6-7-8-9-10-11-12-13-14-15-16-17-19-18;1-2-3-4-5-6-7-8-9-10-11;1-3-2/h7-8H,2-6,9-18H2,1H3;11H,2-10H2,1H3;1-2H3/b8-7-;;. The van der Waals surface area contributed by atoms with Crippen molar-refractivity contribution in [2.75, 3.05) is 27.4 Å². The van der Waals surface area contributed by atoms with Gasteiger partial charge < -0.3 is 14.7 Å². The van der Waals surface area contributed by atoms with E-state index in [0.717, 1.165) is 12.8 Å². The summed E-state index contributed by atoms with van der Waals surface area (Å²) in [6.07, 6.45) is 32.4. The van der Waals surface area contributed by atoms with Gasteiger partial charge in [-0.3, -0.25) is 0 Å². The van der Waals surface area contributed by atoms with Crippen LogP contribution in [-0.4, -0.2) is 32.5 Å². The largest absolute Gasteiger partial charge is 0.396 e. The highest BCUT2D eigenvalue weighted by Gasteiger charge is 1.92.